The summed E-state index contributed by atoms with van der Waals surface area (Å²) in [7, 11) is 0. The van der Waals surface area contributed by atoms with Crippen LogP contribution >= 0.6 is 0 Å². The number of ketones is 2. The molecule has 27 heavy (non-hydrogen) atoms. The highest BCUT2D eigenvalue weighted by molar-refractivity contribution is 5.96. The number of nitrogens with zero attached hydrogens (tertiary/aromatic N) is 1. The first-order chi connectivity index (χ1) is 13.0. The van der Waals surface area contributed by atoms with Crippen molar-refractivity contribution < 1.29 is 18.4 Å². The summed E-state index contributed by atoms with van der Waals surface area (Å²) in [5.74, 6) is -0.306. The fraction of sp³-hybridized carbons (Fsp3) is 0.364. The predicted molar refractivity (Wildman–Crippen MR) is 99.9 cm³/mol. The van der Waals surface area contributed by atoms with Gasteiger partial charge < -0.3 is 4.90 Å². The van der Waals surface area contributed by atoms with E-state index in [0.717, 1.165) is 32.5 Å². The molecule has 2 aromatic rings. The van der Waals surface area contributed by atoms with E-state index in [9.17, 15) is 18.4 Å². The largest absolute Gasteiger partial charge is 0.303 e. The van der Waals surface area contributed by atoms with Gasteiger partial charge in [-0.05, 0) is 80.4 Å². The van der Waals surface area contributed by atoms with Crippen molar-refractivity contribution in [3.05, 3.63) is 71.3 Å². The van der Waals surface area contributed by atoms with Gasteiger partial charge in [-0.25, -0.2) is 8.78 Å². The highest BCUT2D eigenvalue weighted by Gasteiger charge is 2.24. The first-order valence-electron chi connectivity index (χ1n) is 9.31. The second kappa shape index (κ2) is 9.00. The normalized spacial score (nSPS) is 17.2. The van der Waals surface area contributed by atoms with E-state index in [0.29, 0.717) is 29.9 Å². The molecule has 0 aromatic heterocycles. The van der Waals surface area contributed by atoms with E-state index in [2.05, 4.69) is 4.90 Å². The number of rotatable bonds is 8. The van der Waals surface area contributed by atoms with Crippen LogP contribution in [-0.2, 0) is 0 Å². The van der Waals surface area contributed by atoms with Gasteiger partial charge >= 0.3 is 0 Å². The molecule has 0 saturated carbocycles. The summed E-state index contributed by atoms with van der Waals surface area (Å²) in [5, 5.41) is 0. The van der Waals surface area contributed by atoms with Crippen molar-refractivity contribution >= 4 is 11.6 Å². The van der Waals surface area contributed by atoms with Gasteiger partial charge in [0, 0.05) is 30.5 Å². The quantitative estimate of drug-likeness (QED) is 0.640. The summed E-state index contributed by atoms with van der Waals surface area (Å²) in [6, 6.07) is 11.3. The fourth-order valence-electron chi connectivity index (χ4n) is 3.54. The maximum atomic E-state index is 12.9. The Kier molecular flexibility index (Phi) is 6.45. The van der Waals surface area contributed by atoms with E-state index >= 15 is 0 Å². The lowest BCUT2D eigenvalue weighted by molar-refractivity contribution is 0.0961. The van der Waals surface area contributed by atoms with E-state index in [1.807, 2.05) is 0 Å². The lowest BCUT2D eigenvalue weighted by Gasteiger charge is -2.15. The lowest BCUT2D eigenvalue weighted by atomic mass is 9.97. The number of likely N-dealkylation sites (tertiary alicyclic amines) is 1. The molecule has 3 nitrogen and oxygen atoms in total. The number of hydrogen-bond acceptors (Lipinski definition) is 3. The molecule has 1 unspecified atom stereocenters. The maximum Gasteiger partial charge on any atom is 0.163 e. The van der Waals surface area contributed by atoms with Crippen LogP contribution in [0.15, 0.2) is 48.5 Å². The third-order valence-electron chi connectivity index (χ3n) is 5.05. The summed E-state index contributed by atoms with van der Waals surface area (Å²) in [5.41, 5.74) is 1.10. The Bertz CT molecular complexity index is 787. The average molecular weight is 371 g/mol. The molecule has 2 aromatic carbocycles. The zero-order chi connectivity index (χ0) is 19.2. The van der Waals surface area contributed by atoms with Crippen LogP contribution in [0.3, 0.4) is 0 Å². The van der Waals surface area contributed by atoms with Crippen molar-refractivity contribution in [2.75, 3.05) is 19.6 Å². The molecule has 3 rings (SSSR count). The molecule has 1 heterocycles. The van der Waals surface area contributed by atoms with Gasteiger partial charge in [-0.2, -0.15) is 0 Å². The number of hydrogen-bond donors (Lipinski definition) is 0. The van der Waals surface area contributed by atoms with Gasteiger partial charge in [-0.3, -0.25) is 9.59 Å². The van der Waals surface area contributed by atoms with Crippen molar-refractivity contribution in [3.8, 4) is 0 Å². The van der Waals surface area contributed by atoms with Gasteiger partial charge in [0.05, 0.1) is 0 Å². The molecule has 0 N–H and O–H groups in total. The highest BCUT2D eigenvalue weighted by atomic mass is 19.1. The van der Waals surface area contributed by atoms with Gasteiger partial charge in [0.15, 0.2) is 11.6 Å². The molecule has 1 atom stereocenters. The summed E-state index contributed by atoms with van der Waals surface area (Å²) in [4.78, 5) is 26.7. The Balaban J connectivity index is 1.39. The topological polar surface area (TPSA) is 37.4 Å². The van der Waals surface area contributed by atoms with Crippen molar-refractivity contribution in [1.82, 2.24) is 4.90 Å². The molecular formula is C22H23F2NO2. The first-order valence-corrected chi connectivity index (χ1v) is 9.31. The van der Waals surface area contributed by atoms with Gasteiger partial charge in [0.1, 0.15) is 11.6 Å². The summed E-state index contributed by atoms with van der Waals surface area (Å²) in [6.45, 7) is 2.58. The number of Topliss-reactive ketones (excluding diaryl/α,β-unsaturated/α-hetero) is 2. The van der Waals surface area contributed by atoms with Crippen LogP contribution in [0.2, 0.25) is 0 Å². The molecule has 0 aliphatic carbocycles. The van der Waals surface area contributed by atoms with Crippen LogP contribution in [0.5, 0.6) is 0 Å². The molecule has 1 aliphatic rings. The monoisotopic (exact) mass is 371 g/mol. The Hall–Kier alpha value is -2.40. The molecule has 142 valence electrons. The number of halogens is 2. The van der Waals surface area contributed by atoms with Crippen LogP contribution in [0.1, 0.15) is 46.4 Å². The second-order valence-electron chi connectivity index (χ2n) is 7.12. The standard InChI is InChI=1S/C22H23F2NO2/c23-19-7-3-17(4-8-19)21(26)2-1-12-25-13-11-16(15-25)14-22(27)18-5-9-20(24)10-6-18/h3-10,16H,1-2,11-15H2. The number of benzene rings is 2. The Labute approximate surface area is 158 Å². The van der Waals surface area contributed by atoms with Gasteiger partial charge in [-0.15, -0.1) is 0 Å². The number of carbonyl (C=O) groups is 2. The van der Waals surface area contributed by atoms with E-state index in [4.69, 9.17) is 0 Å². The molecule has 1 aliphatic heterocycles. The minimum Gasteiger partial charge on any atom is -0.303 e. The molecule has 0 radical (unpaired) electrons. The average Bonchev–Trinajstić information content (AvgIpc) is 3.10. The highest BCUT2D eigenvalue weighted by Crippen LogP contribution is 2.22. The summed E-state index contributed by atoms with van der Waals surface area (Å²) >= 11 is 0. The Morgan fingerprint density at radius 1 is 0.889 bits per heavy atom. The predicted octanol–water partition coefficient (Wildman–Crippen LogP) is 4.52. The van der Waals surface area contributed by atoms with Crippen molar-refractivity contribution in [2.24, 2.45) is 5.92 Å². The van der Waals surface area contributed by atoms with Crippen LogP contribution in [0.4, 0.5) is 8.78 Å². The summed E-state index contributed by atoms with van der Waals surface area (Å²) in [6.07, 6.45) is 2.60. The van der Waals surface area contributed by atoms with Crippen LogP contribution in [0, 0.1) is 17.6 Å². The van der Waals surface area contributed by atoms with Gasteiger partial charge in [0.2, 0.25) is 0 Å². The van der Waals surface area contributed by atoms with Crippen LogP contribution in [-0.4, -0.2) is 36.1 Å². The van der Waals surface area contributed by atoms with E-state index < -0.39 is 0 Å². The minimum atomic E-state index is -0.343. The Morgan fingerprint density at radius 3 is 2.04 bits per heavy atom. The van der Waals surface area contributed by atoms with Crippen molar-refractivity contribution in [1.29, 1.82) is 0 Å². The summed E-state index contributed by atoms with van der Waals surface area (Å²) < 4.78 is 25.8. The number of carbonyl (C=O) groups excluding carboxylic acids is 2. The molecule has 0 spiro atoms. The fourth-order valence-corrected chi connectivity index (χ4v) is 3.54. The second-order valence-corrected chi connectivity index (χ2v) is 7.12. The Morgan fingerprint density at radius 2 is 1.44 bits per heavy atom. The third-order valence-corrected chi connectivity index (χ3v) is 5.05. The van der Waals surface area contributed by atoms with E-state index in [1.54, 1.807) is 0 Å². The van der Waals surface area contributed by atoms with Gasteiger partial charge in [0.25, 0.3) is 0 Å². The SMILES string of the molecule is O=C(CCCN1CCC(CC(=O)c2ccc(F)cc2)C1)c1ccc(F)cc1. The molecule has 0 bridgehead atoms. The maximum absolute atomic E-state index is 12.9. The van der Waals surface area contributed by atoms with Crippen molar-refractivity contribution in [2.45, 2.75) is 25.7 Å². The zero-order valence-corrected chi connectivity index (χ0v) is 15.2. The van der Waals surface area contributed by atoms with Crippen LogP contribution in [0.25, 0.3) is 0 Å². The van der Waals surface area contributed by atoms with Crippen LogP contribution < -0.4 is 0 Å². The molecule has 1 fully saturated rings. The smallest absolute Gasteiger partial charge is 0.163 e. The molecule has 5 heteroatoms. The molecule has 0 amide bonds. The molecule has 1 saturated heterocycles. The third kappa shape index (κ3) is 5.54. The first kappa shape index (κ1) is 19.4. The zero-order valence-electron chi connectivity index (χ0n) is 15.2. The van der Waals surface area contributed by atoms with E-state index in [-0.39, 0.29) is 23.2 Å². The molecular weight excluding hydrogens is 348 g/mol. The van der Waals surface area contributed by atoms with Gasteiger partial charge in [-0.1, -0.05) is 0 Å². The van der Waals surface area contributed by atoms with Crippen molar-refractivity contribution in [3.63, 3.8) is 0 Å². The van der Waals surface area contributed by atoms with E-state index in [1.165, 1.54) is 48.5 Å². The minimum absolute atomic E-state index is 0.0252. The lowest BCUT2D eigenvalue weighted by Crippen LogP contribution is -2.23.